The first-order valence-corrected chi connectivity index (χ1v) is 6.71. The van der Waals surface area contributed by atoms with Crippen molar-refractivity contribution in [2.24, 2.45) is 0 Å². The summed E-state index contributed by atoms with van der Waals surface area (Å²) in [6.07, 6.45) is 2.66. The van der Waals surface area contributed by atoms with Crippen molar-refractivity contribution in [3.63, 3.8) is 0 Å². The molecule has 4 nitrogen and oxygen atoms in total. The molecule has 2 aromatic rings. The van der Waals surface area contributed by atoms with Gasteiger partial charge in [0.2, 0.25) is 0 Å². The second kappa shape index (κ2) is 6.36. The Morgan fingerprint density at radius 2 is 2.32 bits per heavy atom. The maximum Gasteiger partial charge on any atom is 0.328 e. The highest BCUT2D eigenvalue weighted by atomic mass is 32.1. The number of rotatable bonds is 6. The molecule has 0 unspecified atom stereocenters. The molecular weight excluding hydrogens is 264 g/mol. The lowest BCUT2D eigenvalue weighted by Gasteiger charge is -2.08. The van der Waals surface area contributed by atoms with E-state index in [1.165, 1.54) is 0 Å². The third-order valence-electron chi connectivity index (χ3n) is 2.48. The number of fused-ring (bicyclic) bond motifs is 1. The summed E-state index contributed by atoms with van der Waals surface area (Å²) in [5.74, 6) is -0.264. The normalized spacial score (nSPS) is 11.2. The Bertz CT molecular complexity index is 601. The van der Waals surface area contributed by atoms with Gasteiger partial charge in [-0.3, -0.25) is 0 Å². The molecule has 0 saturated heterocycles. The van der Waals surface area contributed by atoms with Gasteiger partial charge in [0.05, 0.1) is 0 Å². The van der Waals surface area contributed by atoms with Crippen molar-refractivity contribution in [3.8, 4) is 5.75 Å². The van der Waals surface area contributed by atoms with Gasteiger partial charge in [0.25, 0.3) is 0 Å². The molecule has 0 aliphatic rings. The Balaban J connectivity index is 2.31. The number of hydrogen-bond acceptors (Lipinski definition) is 4. The fourth-order valence-electron chi connectivity index (χ4n) is 1.63. The Hall–Kier alpha value is -1.85. The summed E-state index contributed by atoms with van der Waals surface area (Å²) in [7, 11) is 0. The summed E-state index contributed by atoms with van der Waals surface area (Å²) < 4.78 is 11.8. The van der Waals surface area contributed by atoms with E-state index >= 15 is 0 Å². The zero-order valence-electron chi connectivity index (χ0n) is 10.5. The highest BCUT2D eigenvalue weighted by Gasteiger charge is 2.05. The first-order chi connectivity index (χ1) is 9.20. The lowest BCUT2D eigenvalue weighted by molar-refractivity contribution is -0.131. The minimum Gasteiger partial charge on any atom is -0.478 e. The minimum absolute atomic E-state index is 0.188. The molecule has 2 rings (SSSR count). The van der Waals surface area contributed by atoms with E-state index in [1.807, 2.05) is 30.5 Å². The second-order valence-electron chi connectivity index (χ2n) is 3.78. The van der Waals surface area contributed by atoms with Crippen LogP contribution in [0.25, 0.3) is 16.2 Å². The quantitative estimate of drug-likeness (QED) is 0.500. The molecule has 1 heterocycles. The summed E-state index contributed by atoms with van der Waals surface area (Å²) in [4.78, 5) is 10.5. The van der Waals surface area contributed by atoms with Crippen LogP contribution in [0.15, 0.2) is 29.7 Å². The van der Waals surface area contributed by atoms with Crippen LogP contribution in [0.1, 0.15) is 12.5 Å². The number of carboxylic acid groups (broad SMARTS) is 1. The van der Waals surface area contributed by atoms with Gasteiger partial charge in [-0.05, 0) is 42.1 Å². The van der Waals surface area contributed by atoms with Crippen molar-refractivity contribution in [1.29, 1.82) is 0 Å². The SMILES string of the molecule is CCOCOc1cc(/C=C/C(=O)O)cc2sccc12. The zero-order valence-corrected chi connectivity index (χ0v) is 11.3. The van der Waals surface area contributed by atoms with E-state index in [4.69, 9.17) is 14.6 Å². The summed E-state index contributed by atoms with van der Waals surface area (Å²) in [6, 6.07) is 5.73. The molecule has 0 radical (unpaired) electrons. The van der Waals surface area contributed by atoms with E-state index in [0.29, 0.717) is 12.4 Å². The third kappa shape index (κ3) is 3.56. The van der Waals surface area contributed by atoms with Gasteiger partial charge < -0.3 is 14.6 Å². The molecule has 100 valence electrons. The number of aliphatic carboxylic acids is 1. The average molecular weight is 278 g/mol. The molecule has 0 atom stereocenters. The van der Waals surface area contributed by atoms with Crippen molar-refractivity contribution < 1.29 is 19.4 Å². The van der Waals surface area contributed by atoms with E-state index < -0.39 is 5.97 Å². The largest absolute Gasteiger partial charge is 0.478 e. The van der Waals surface area contributed by atoms with Crippen LogP contribution < -0.4 is 4.74 Å². The molecule has 0 fully saturated rings. The van der Waals surface area contributed by atoms with Crippen molar-refractivity contribution in [3.05, 3.63) is 35.2 Å². The van der Waals surface area contributed by atoms with Gasteiger partial charge in [0.1, 0.15) is 5.75 Å². The molecule has 0 bridgehead atoms. The number of ether oxygens (including phenoxy) is 2. The molecule has 1 aromatic carbocycles. The molecule has 0 aliphatic carbocycles. The molecular formula is C14H14O4S. The van der Waals surface area contributed by atoms with Crippen LogP contribution in [0.3, 0.4) is 0 Å². The predicted molar refractivity (Wildman–Crippen MR) is 75.6 cm³/mol. The molecule has 0 saturated carbocycles. The van der Waals surface area contributed by atoms with Crippen LogP contribution in [-0.4, -0.2) is 24.5 Å². The standard InChI is InChI=1S/C14H14O4S/c1-2-17-9-18-12-7-10(3-4-14(15)16)8-13-11(12)5-6-19-13/h3-8H,2,9H2,1H3,(H,15,16)/b4-3+. The van der Waals surface area contributed by atoms with Crippen LogP contribution in [0.4, 0.5) is 0 Å². The van der Waals surface area contributed by atoms with E-state index in [-0.39, 0.29) is 6.79 Å². The van der Waals surface area contributed by atoms with Gasteiger partial charge in [-0.15, -0.1) is 11.3 Å². The number of carboxylic acids is 1. The van der Waals surface area contributed by atoms with Crippen LogP contribution >= 0.6 is 11.3 Å². The van der Waals surface area contributed by atoms with Crippen LogP contribution in [0.5, 0.6) is 5.75 Å². The Morgan fingerprint density at radius 3 is 3.05 bits per heavy atom. The van der Waals surface area contributed by atoms with E-state index in [9.17, 15) is 4.79 Å². The first-order valence-electron chi connectivity index (χ1n) is 5.83. The van der Waals surface area contributed by atoms with Crippen LogP contribution in [-0.2, 0) is 9.53 Å². The Labute approximate surface area is 114 Å². The topological polar surface area (TPSA) is 55.8 Å². The van der Waals surface area contributed by atoms with Crippen molar-refractivity contribution in [2.45, 2.75) is 6.92 Å². The van der Waals surface area contributed by atoms with Crippen molar-refractivity contribution >= 4 is 33.5 Å². The maximum absolute atomic E-state index is 10.5. The number of carbonyl (C=O) groups is 1. The van der Waals surface area contributed by atoms with Crippen molar-refractivity contribution in [1.82, 2.24) is 0 Å². The highest BCUT2D eigenvalue weighted by molar-refractivity contribution is 7.17. The average Bonchev–Trinajstić information content (AvgIpc) is 2.85. The summed E-state index contributed by atoms with van der Waals surface area (Å²) in [5.41, 5.74) is 0.795. The molecule has 0 spiro atoms. The van der Waals surface area contributed by atoms with Crippen LogP contribution in [0, 0.1) is 0 Å². The summed E-state index contributed by atoms with van der Waals surface area (Å²) >= 11 is 1.59. The van der Waals surface area contributed by atoms with E-state index in [1.54, 1.807) is 17.4 Å². The molecule has 0 aliphatic heterocycles. The highest BCUT2D eigenvalue weighted by Crippen LogP contribution is 2.32. The molecule has 0 amide bonds. The Morgan fingerprint density at radius 1 is 1.47 bits per heavy atom. The lowest BCUT2D eigenvalue weighted by Crippen LogP contribution is -2.02. The van der Waals surface area contributed by atoms with Gasteiger partial charge in [0.15, 0.2) is 6.79 Å². The lowest BCUT2D eigenvalue weighted by atomic mass is 10.1. The second-order valence-corrected chi connectivity index (χ2v) is 4.73. The fourth-order valence-corrected chi connectivity index (χ4v) is 2.48. The Kier molecular flexibility index (Phi) is 4.54. The van der Waals surface area contributed by atoms with Gasteiger partial charge in [-0.1, -0.05) is 0 Å². The number of benzene rings is 1. The molecule has 19 heavy (non-hydrogen) atoms. The smallest absolute Gasteiger partial charge is 0.328 e. The van der Waals surface area contributed by atoms with Gasteiger partial charge in [-0.25, -0.2) is 4.79 Å². The van der Waals surface area contributed by atoms with Gasteiger partial charge in [0, 0.05) is 22.8 Å². The third-order valence-corrected chi connectivity index (χ3v) is 3.34. The summed E-state index contributed by atoms with van der Waals surface area (Å²) in [5, 5.41) is 11.6. The van der Waals surface area contributed by atoms with Crippen molar-refractivity contribution in [2.75, 3.05) is 13.4 Å². The minimum atomic E-state index is -0.969. The summed E-state index contributed by atoms with van der Waals surface area (Å²) in [6.45, 7) is 2.68. The first kappa shape index (κ1) is 13.6. The molecule has 1 aromatic heterocycles. The molecule has 1 N–H and O–H groups in total. The van der Waals surface area contributed by atoms with Crippen LogP contribution in [0.2, 0.25) is 0 Å². The number of thiophene rings is 1. The fraction of sp³-hybridized carbons (Fsp3) is 0.214. The maximum atomic E-state index is 10.5. The predicted octanol–water partition coefficient (Wildman–Crippen LogP) is 3.37. The van der Waals surface area contributed by atoms with E-state index in [2.05, 4.69) is 0 Å². The van der Waals surface area contributed by atoms with Gasteiger partial charge in [-0.2, -0.15) is 0 Å². The molecule has 5 heteroatoms. The monoisotopic (exact) mass is 278 g/mol. The van der Waals surface area contributed by atoms with E-state index in [0.717, 1.165) is 21.7 Å². The van der Waals surface area contributed by atoms with Gasteiger partial charge >= 0.3 is 5.97 Å². The zero-order chi connectivity index (χ0) is 13.7. The number of hydrogen-bond donors (Lipinski definition) is 1.